The standard InChI is InChI=1S/C25H28N10/c1-33(2)15-16-8-17(11-26-10-16)19-9-18-20(13-28-19)31-32-23(18)25-29-21-12-27-14-22(24(21)30-25)35-6-4-34(3)5-7-35/h8-14H,4-7,15H2,1-3H3,(H,29,30)(H,31,32). The molecular formula is C25H28N10. The fourth-order valence-electron chi connectivity index (χ4n) is 4.64. The first-order chi connectivity index (χ1) is 17.0. The van der Waals surface area contributed by atoms with Crippen LogP contribution in [-0.4, -0.2) is 92.2 Å². The van der Waals surface area contributed by atoms with Crippen molar-refractivity contribution in [3.8, 4) is 22.8 Å². The molecule has 1 saturated heterocycles. The zero-order valence-corrected chi connectivity index (χ0v) is 20.2. The summed E-state index contributed by atoms with van der Waals surface area (Å²) < 4.78 is 0. The summed E-state index contributed by atoms with van der Waals surface area (Å²) in [6.45, 7) is 4.79. The molecule has 0 radical (unpaired) electrons. The number of nitrogens with one attached hydrogen (secondary N) is 2. The Labute approximate surface area is 203 Å². The molecule has 1 fully saturated rings. The van der Waals surface area contributed by atoms with E-state index in [-0.39, 0.29) is 0 Å². The lowest BCUT2D eigenvalue weighted by Crippen LogP contribution is -2.44. The van der Waals surface area contributed by atoms with Gasteiger partial charge >= 0.3 is 0 Å². The maximum atomic E-state index is 4.98. The second kappa shape index (κ2) is 8.71. The maximum Gasteiger partial charge on any atom is 0.159 e. The van der Waals surface area contributed by atoms with Gasteiger partial charge in [0.2, 0.25) is 0 Å². The first-order valence-electron chi connectivity index (χ1n) is 11.8. The van der Waals surface area contributed by atoms with E-state index in [2.05, 4.69) is 64.0 Å². The van der Waals surface area contributed by atoms with Gasteiger partial charge in [-0.15, -0.1) is 0 Å². The third-order valence-electron chi connectivity index (χ3n) is 6.48. The number of fused-ring (bicyclic) bond motifs is 2. The Morgan fingerprint density at radius 1 is 0.943 bits per heavy atom. The van der Waals surface area contributed by atoms with Crippen LogP contribution < -0.4 is 4.90 Å². The first kappa shape index (κ1) is 21.6. The van der Waals surface area contributed by atoms with Gasteiger partial charge in [-0.05, 0) is 38.8 Å². The topological polar surface area (TPSA) is 106 Å². The summed E-state index contributed by atoms with van der Waals surface area (Å²) in [4.78, 5) is 28.8. The van der Waals surface area contributed by atoms with Crippen molar-refractivity contribution in [1.82, 2.24) is 44.9 Å². The highest BCUT2D eigenvalue weighted by atomic mass is 15.3. The molecule has 6 rings (SSSR count). The van der Waals surface area contributed by atoms with E-state index in [0.717, 1.165) is 82.9 Å². The minimum absolute atomic E-state index is 0.714. The van der Waals surface area contributed by atoms with Gasteiger partial charge in [-0.2, -0.15) is 5.10 Å². The van der Waals surface area contributed by atoms with Crippen LogP contribution in [0.15, 0.2) is 43.1 Å². The highest BCUT2D eigenvalue weighted by Crippen LogP contribution is 2.31. The minimum atomic E-state index is 0.714. The van der Waals surface area contributed by atoms with Crippen LogP contribution in [0, 0.1) is 0 Å². The molecule has 178 valence electrons. The Bertz CT molecular complexity index is 1490. The van der Waals surface area contributed by atoms with Gasteiger partial charge in [0.15, 0.2) is 5.82 Å². The van der Waals surface area contributed by atoms with Crippen molar-refractivity contribution in [3.05, 3.63) is 48.7 Å². The van der Waals surface area contributed by atoms with Crippen molar-refractivity contribution in [1.29, 1.82) is 0 Å². The van der Waals surface area contributed by atoms with E-state index in [1.54, 1.807) is 0 Å². The second-order valence-corrected chi connectivity index (χ2v) is 9.44. The molecular weight excluding hydrogens is 440 g/mol. The fraction of sp³-hybridized carbons (Fsp3) is 0.320. The summed E-state index contributed by atoms with van der Waals surface area (Å²) in [6, 6.07) is 4.19. The highest BCUT2D eigenvalue weighted by Gasteiger charge is 2.20. The summed E-state index contributed by atoms with van der Waals surface area (Å²) in [7, 11) is 6.25. The summed E-state index contributed by atoms with van der Waals surface area (Å²) in [5, 5.41) is 8.65. The predicted molar refractivity (Wildman–Crippen MR) is 137 cm³/mol. The van der Waals surface area contributed by atoms with Crippen LogP contribution in [0.3, 0.4) is 0 Å². The van der Waals surface area contributed by atoms with Gasteiger partial charge in [-0.1, -0.05) is 0 Å². The fourth-order valence-corrected chi connectivity index (χ4v) is 4.64. The Morgan fingerprint density at radius 2 is 1.77 bits per heavy atom. The molecule has 0 unspecified atom stereocenters. The van der Waals surface area contributed by atoms with Gasteiger partial charge in [0, 0.05) is 56.1 Å². The van der Waals surface area contributed by atoms with E-state index >= 15 is 0 Å². The molecule has 5 aromatic heterocycles. The third kappa shape index (κ3) is 4.11. The molecule has 0 saturated carbocycles. The molecule has 0 aliphatic carbocycles. The second-order valence-electron chi connectivity index (χ2n) is 9.44. The van der Waals surface area contributed by atoms with Crippen molar-refractivity contribution < 1.29 is 0 Å². The predicted octanol–water partition coefficient (Wildman–Crippen LogP) is 2.77. The van der Waals surface area contributed by atoms with Gasteiger partial charge in [-0.3, -0.25) is 20.1 Å². The monoisotopic (exact) mass is 468 g/mol. The third-order valence-corrected chi connectivity index (χ3v) is 6.48. The lowest BCUT2D eigenvalue weighted by molar-refractivity contribution is 0.313. The number of hydrogen-bond donors (Lipinski definition) is 2. The molecule has 0 spiro atoms. The number of aromatic nitrogens is 7. The molecule has 10 heteroatoms. The van der Waals surface area contributed by atoms with Gasteiger partial charge < -0.3 is 19.7 Å². The largest absolute Gasteiger partial charge is 0.366 e. The van der Waals surface area contributed by atoms with Crippen LogP contribution in [0.25, 0.3) is 44.7 Å². The van der Waals surface area contributed by atoms with Crippen LogP contribution in [0.5, 0.6) is 0 Å². The van der Waals surface area contributed by atoms with E-state index in [1.165, 1.54) is 0 Å². The van der Waals surface area contributed by atoms with Crippen molar-refractivity contribution in [2.45, 2.75) is 6.54 Å². The molecule has 0 amide bonds. The number of aromatic amines is 2. The van der Waals surface area contributed by atoms with Crippen molar-refractivity contribution in [2.75, 3.05) is 52.2 Å². The van der Waals surface area contributed by atoms with E-state index in [9.17, 15) is 0 Å². The highest BCUT2D eigenvalue weighted by molar-refractivity contribution is 5.96. The molecule has 0 atom stereocenters. The van der Waals surface area contributed by atoms with E-state index in [0.29, 0.717) is 5.82 Å². The quantitative estimate of drug-likeness (QED) is 0.406. The molecule has 5 aromatic rings. The molecule has 0 aromatic carbocycles. The molecule has 10 nitrogen and oxygen atoms in total. The number of imidazole rings is 1. The number of H-pyrrole nitrogens is 2. The number of rotatable bonds is 5. The average molecular weight is 469 g/mol. The smallest absolute Gasteiger partial charge is 0.159 e. The number of pyridine rings is 3. The Hall–Kier alpha value is -3.89. The number of piperazine rings is 1. The number of likely N-dealkylation sites (N-methyl/N-ethyl adjacent to an activating group) is 1. The van der Waals surface area contributed by atoms with Crippen molar-refractivity contribution in [3.63, 3.8) is 0 Å². The Morgan fingerprint density at radius 3 is 2.60 bits per heavy atom. The molecule has 1 aliphatic heterocycles. The normalized spacial score (nSPS) is 15.0. The number of hydrogen-bond acceptors (Lipinski definition) is 8. The van der Waals surface area contributed by atoms with E-state index in [4.69, 9.17) is 4.98 Å². The van der Waals surface area contributed by atoms with Crippen LogP contribution in [0.2, 0.25) is 0 Å². The van der Waals surface area contributed by atoms with Crippen molar-refractivity contribution in [2.24, 2.45) is 0 Å². The first-order valence-corrected chi connectivity index (χ1v) is 11.8. The lowest BCUT2D eigenvalue weighted by atomic mass is 10.1. The Balaban J connectivity index is 1.39. The molecule has 0 bridgehead atoms. The zero-order valence-electron chi connectivity index (χ0n) is 20.2. The maximum absolute atomic E-state index is 4.98. The molecule has 35 heavy (non-hydrogen) atoms. The number of nitrogens with zero attached hydrogens (tertiary/aromatic N) is 8. The SMILES string of the molecule is CN(C)Cc1cncc(-c2cc3c(-c4nc5c(N6CCN(C)CC6)cncc5[nH]4)n[nH]c3cn2)c1. The van der Waals surface area contributed by atoms with Gasteiger partial charge in [0.1, 0.15) is 11.2 Å². The lowest BCUT2D eigenvalue weighted by Gasteiger charge is -2.33. The van der Waals surface area contributed by atoms with Gasteiger partial charge in [0.25, 0.3) is 0 Å². The summed E-state index contributed by atoms with van der Waals surface area (Å²) >= 11 is 0. The van der Waals surface area contributed by atoms with Crippen LogP contribution in [0.4, 0.5) is 5.69 Å². The van der Waals surface area contributed by atoms with E-state index in [1.807, 2.05) is 45.1 Å². The van der Waals surface area contributed by atoms with Gasteiger partial charge in [-0.25, -0.2) is 4.98 Å². The van der Waals surface area contributed by atoms with E-state index < -0.39 is 0 Å². The molecule has 6 heterocycles. The number of anilines is 1. The van der Waals surface area contributed by atoms with Crippen LogP contribution >= 0.6 is 0 Å². The van der Waals surface area contributed by atoms with Gasteiger partial charge in [0.05, 0.1) is 41.0 Å². The van der Waals surface area contributed by atoms with Crippen LogP contribution in [0.1, 0.15) is 5.56 Å². The van der Waals surface area contributed by atoms with Crippen molar-refractivity contribution >= 4 is 27.6 Å². The zero-order chi connectivity index (χ0) is 23.9. The summed E-state index contributed by atoms with van der Waals surface area (Å²) in [5.74, 6) is 0.714. The van der Waals surface area contributed by atoms with Crippen LogP contribution in [-0.2, 0) is 6.54 Å². The minimum Gasteiger partial charge on any atom is -0.366 e. The molecule has 2 N–H and O–H groups in total. The Kier molecular flexibility index (Phi) is 5.39. The summed E-state index contributed by atoms with van der Waals surface area (Å²) in [6.07, 6.45) is 9.31. The average Bonchev–Trinajstić information content (AvgIpc) is 3.48. The summed E-state index contributed by atoms with van der Waals surface area (Å²) in [5.41, 5.74) is 7.48. The molecule has 1 aliphatic rings.